The molecular formula is C35H31BrClN5O3S. The van der Waals surface area contributed by atoms with E-state index in [1.165, 1.54) is 11.8 Å². The van der Waals surface area contributed by atoms with Gasteiger partial charge in [0, 0.05) is 22.2 Å². The molecule has 0 radical (unpaired) electrons. The fourth-order valence-electron chi connectivity index (χ4n) is 5.27. The molecule has 2 heterocycles. The monoisotopic (exact) mass is 715 g/mol. The molecule has 0 aliphatic carbocycles. The number of hydrogen-bond donors (Lipinski definition) is 2. The standard InChI is InChI=1S/C35H31BrClN5O3S/c1-21-10-9-11-23(16-21)19-45-32-27(36)17-25(18-29(32)44-3)31-30(33(43)39-26-13-5-4-6-14-26)22(2)38-34-40-35(41-42(31)34)46-20-24-12-7-8-15-28(24)37/h4-18,31H,19-20H2,1-3H3,(H,39,43)(H,38,40,41). The lowest BCUT2D eigenvalue weighted by molar-refractivity contribution is -0.113. The third-order valence-corrected chi connectivity index (χ3v) is 9.30. The molecule has 1 amide bonds. The van der Waals surface area contributed by atoms with Gasteiger partial charge in [-0.2, -0.15) is 4.98 Å². The number of carbonyl (C=O) groups excluding carboxylic acids is 1. The lowest BCUT2D eigenvalue weighted by Crippen LogP contribution is -2.31. The number of halogens is 2. The number of anilines is 2. The second-order valence-electron chi connectivity index (χ2n) is 10.7. The molecule has 234 valence electrons. The second kappa shape index (κ2) is 14.0. The first-order valence-corrected chi connectivity index (χ1v) is 16.7. The molecule has 8 nitrogen and oxygen atoms in total. The molecular weight excluding hydrogens is 686 g/mol. The lowest BCUT2D eigenvalue weighted by Gasteiger charge is -2.29. The van der Waals surface area contributed by atoms with Crippen LogP contribution in [0.2, 0.25) is 5.02 Å². The third-order valence-electron chi connectivity index (χ3n) is 7.46. The van der Waals surface area contributed by atoms with E-state index in [0.29, 0.717) is 61.4 Å². The quantitative estimate of drug-likeness (QED) is 0.140. The van der Waals surface area contributed by atoms with Crippen molar-refractivity contribution in [3.8, 4) is 11.5 Å². The van der Waals surface area contributed by atoms with Crippen LogP contribution in [-0.4, -0.2) is 27.8 Å². The maximum Gasteiger partial charge on any atom is 0.255 e. The molecule has 0 spiro atoms. The summed E-state index contributed by atoms with van der Waals surface area (Å²) in [7, 11) is 1.60. The number of nitrogens with zero attached hydrogens (tertiary/aromatic N) is 3. The van der Waals surface area contributed by atoms with Gasteiger partial charge in [-0.05, 0) is 76.8 Å². The van der Waals surface area contributed by atoms with Crippen molar-refractivity contribution < 1.29 is 14.3 Å². The lowest BCUT2D eigenvalue weighted by atomic mass is 9.94. The molecule has 11 heteroatoms. The average Bonchev–Trinajstić information content (AvgIpc) is 3.45. The zero-order chi connectivity index (χ0) is 32.2. The zero-order valence-corrected chi connectivity index (χ0v) is 28.5. The first-order valence-electron chi connectivity index (χ1n) is 14.5. The fourth-order valence-corrected chi connectivity index (χ4v) is 6.96. The number of aryl methyl sites for hydroxylation is 1. The van der Waals surface area contributed by atoms with Crippen molar-refractivity contribution in [2.24, 2.45) is 0 Å². The topological polar surface area (TPSA) is 90.3 Å². The molecule has 46 heavy (non-hydrogen) atoms. The van der Waals surface area contributed by atoms with Crippen molar-refractivity contribution in [3.63, 3.8) is 0 Å². The Labute approximate surface area is 285 Å². The maximum atomic E-state index is 14.0. The summed E-state index contributed by atoms with van der Waals surface area (Å²) in [6, 6.07) is 28.4. The first kappa shape index (κ1) is 31.7. The number of thioether (sulfide) groups is 1. The minimum absolute atomic E-state index is 0.262. The Kier molecular flexibility index (Phi) is 9.67. The molecule has 1 aliphatic heterocycles. The van der Waals surface area contributed by atoms with Gasteiger partial charge in [0.15, 0.2) is 11.5 Å². The number of benzene rings is 4. The Morgan fingerprint density at radius 3 is 2.59 bits per heavy atom. The Balaban J connectivity index is 1.37. The number of aromatic nitrogens is 3. The number of allylic oxidation sites excluding steroid dienone is 1. The second-order valence-corrected chi connectivity index (χ2v) is 12.9. The third kappa shape index (κ3) is 6.94. The number of para-hydroxylation sites is 1. The summed E-state index contributed by atoms with van der Waals surface area (Å²) in [5.74, 6) is 1.93. The molecule has 5 aromatic rings. The minimum Gasteiger partial charge on any atom is -0.493 e. The summed E-state index contributed by atoms with van der Waals surface area (Å²) < 4.78 is 14.5. The van der Waals surface area contributed by atoms with Crippen LogP contribution in [0.3, 0.4) is 0 Å². The van der Waals surface area contributed by atoms with Gasteiger partial charge >= 0.3 is 0 Å². The molecule has 1 aliphatic rings. The van der Waals surface area contributed by atoms with Crippen molar-refractivity contribution in [1.82, 2.24) is 14.8 Å². The molecule has 1 unspecified atom stereocenters. The molecule has 6 rings (SSSR count). The number of hydrogen-bond acceptors (Lipinski definition) is 7. The van der Waals surface area contributed by atoms with Gasteiger partial charge in [-0.3, -0.25) is 4.79 Å². The van der Waals surface area contributed by atoms with Crippen LogP contribution in [0, 0.1) is 6.92 Å². The maximum absolute atomic E-state index is 14.0. The van der Waals surface area contributed by atoms with Crippen molar-refractivity contribution in [3.05, 3.63) is 134 Å². The Bertz CT molecular complexity index is 1930. The Hall–Kier alpha value is -4.25. The van der Waals surface area contributed by atoms with Crippen LogP contribution >= 0.6 is 39.3 Å². The number of fused-ring (bicyclic) bond motifs is 1. The van der Waals surface area contributed by atoms with E-state index in [-0.39, 0.29) is 5.91 Å². The molecule has 0 saturated carbocycles. The number of nitrogens with one attached hydrogen (secondary N) is 2. The average molecular weight is 717 g/mol. The number of amides is 1. The van der Waals surface area contributed by atoms with Crippen LogP contribution in [-0.2, 0) is 17.2 Å². The van der Waals surface area contributed by atoms with E-state index in [0.717, 1.165) is 22.3 Å². The summed E-state index contributed by atoms with van der Waals surface area (Å²) in [5, 5.41) is 12.5. The summed E-state index contributed by atoms with van der Waals surface area (Å²) in [5.41, 5.74) is 5.79. The van der Waals surface area contributed by atoms with E-state index in [4.69, 9.17) is 31.2 Å². The fraction of sp³-hybridized carbons (Fsp3) is 0.171. The van der Waals surface area contributed by atoms with Gasteiger partial charge < -0.3 is 20.1 Å². The van der Waals surface area contributed by atoms with Gasteiger partial charge in [-0.1, -0.05) is 89.6 Å². The zero-order valence-electron chi connectivity index (χ0n) is 25.4. The molecule has 1 aromatic heterocycles. The number of carbonyl (C=O) groups is 1. The minimum atomic E-state index is -0.627. The van der Waals surface area contributed by atoms with Crippen molar-refractivity contribution in [2.75, 3.05) is 17.7 Å². The normalized spacial score (nSPS) is 14.0. The predicted octanol–water partition coefficient (Wildman–Crippen LogP) is 8.81. The van der Waals surface area contributed by atoms with Gasteiger partial charge in [-0.15, -0.1) is 5.10 Å². The van der Waals surface area contributed by atoms with Crippen LogP contribution in [0.15, 0.2) is 112 Å². The van der Waals surface area contributed by atoms with Crippen LogP contribution in [0.5, 0.6) is 11.5 Å². The van der Waals surface area contributed by atoms with Crippen molar-refractivity contribution >= 4 is 56.8 Å². The molecule has 0 saturated heterocycles. The highest BCUT2D eigenvalue weighted by Gasteiger charge is 2.35. The van der Waals surface area contributed by atoms with E-state index in [1.807, 2.05) is 98.8 Å². The Morgan fingerprint density at radius 1 is 1.04 bits per heavy atom. The predicted molar refractivity (Wildman–Crippen MR) is 187 cm³/mol. The SMILES string of the molecule is COc1cc(C2C(C(=O)Nc3ccccc3)=C(C)Nc3nc(SCc4ccccc4Cl)nn32)cc(Br)c1OCc1cccc(C)c1. The largest absolute Gasteiger partial charge is 0.493 e. The highest BCUT2D eigenvalue weighted by molar-refractivity contribution is 9.10. The molecule has 2 N–H and O–H groups in total. The van der Waals surface area contributed by atoms with Gasteiger partial charge in [-0.25, -0.2) is 4.68 Å². The number of ether oxygens (including phenoxy) is 2. The van der Waals surface area contributed by atoms with Gasteiger partial charge in [0.2, 0.25) is 11.1 Å². The highest BCUT2D eigenvalue weighted by Crippen LogP contribution is 2.43. The summed E-state index contributed by atoms with van der Waals surface area (Å²) >= 11 is 11.6. The van der Waals surface area contributed by atoms with E-state index in [1.54, 1.807) is 11.8 Å². The van der Waals surface area contributed by atoms with E-state index in [9.17, 15) is 4.79 Å². The molecule has 0 bridgehead atoms. The molecule has 1 atom stereocenters. The van der Waals surface area contributed by atoms with Crippen LogP contribution in [0.4, 0.5) is 11.6 Å². The van der Waals surface area contributed by atoms with Crippen LogP contribution in [0.1, 0.15) is 35.2 Å². The number of rotatable bonds is 10. The molecule has 4 aromatic carbocycles. The van der Waals surface area contributed by atoms with Gasteiger partial charge in [0.25, 0.3) is 5.91 Å². The first-order chi connectivity index (χ1) is 22.3. The van der Waals surface area contributed by atoms with E-state index >= 15 is 0 Å². The summed E-state index contributed by atoms with van der Waals surface area (Å²) in [4.78, 5) is 18.7. The van der Waals surface area contributed by atoms with E-state index < -0.39 is 6.04 Å². The van der Waals surface area contributed by atoms with E-state index in [2.05, 4.69) is 32.6 Å². The number of methoxy groups -OCH3 is 1. The van der Waals surface area contributed by atoms with Crippen molar-refractivity contribution in [2.45, 2.75) is 37.4 Å². The smallest absolute Gasteiger partial charge is 0.255 e. The summed E-state index contributed by atoms with van der Waals surface area (Å²) in [6.45, 7) is 4.29. The van der Waals surface area contributed by atoms with Crippen LogP contribution < -0.4 is 20.1 Å². The van der Waals surface area contributed by atoms with Gasteiger partial charge in [0.1, 0.15) is 12.6 Å². The summed E-state index contributed by atoms with van der Waals surface area (Å²) in [6.07, 6.45) is 0. The van der Waals surface area contributed by atoms with Gasteiger partial charge in [0.05, 0.1) is 17.2 Å². The van der Waals surface area contributed by atoms with Crippen molar-refractivity contribution in [1.29, 1.82) is 0 Å². The van der Waals surface area contributed by atoms with Crippen LogP contribution in [0.25, 0.3) is 0 Å². The Morgan fingerprint density at radius 2 is 1.83 bits per heavy atom. The molecule has 0 fully saturated rings. The highest BCUT2D eigenvalue weighted by atomic mass is 79.9.